The number of aromatic nitrogens is 1. The van der Waals surface area contributed by atoms with Gasteiger partial charge in [0.15, 0.2) is 5.13 Å². The summed E-state index contributed by atoms with van der Waals surface area (Å²) < 4.78 is 0. The average Bonchev–Trinajstić information content (AvgIpc) is 2.53. The largest absolute Gasteiger partial charge is 0.375 e. The van der Waals surface area contributed by atoms with Gasteiger partial charge in [-0.05, 0) is 24.7 Å². The molecule has 1 aromatic rings. The van der Waals surface area contributed by atoms with E-state index in [4.69, 9.17) is 5.73 Å². The van der Waals surface area contributed by atoms with Gasteiger partial charge >= 0.3 is 0 Å². The molecule has 0 aliphatic heterocycles. The molecule has 1 saturated carbocycles. The summed E-state index contributed by atoms with van der Waals surface area (Å²) in [4.78, 5) is 5.50. The summed E-state index contributed by atoms with van der Waals surface area (Å²) in [5.74, 6) is 1.66. The number of thiazole rings is 1. The lowest BCUT2D eigenvalue weighted by atomic mass is 9.82. The molecule has 1 aliphatic carbocycles. The van der Waals surface area contributed by atoms with Crippen LogP contribution in [0.3, 0.4) is 0 Å². The highest BCUT2D eigenvalue weighted by atomic mass is 32.1. The van der Waals surface area contributed by atoms with E-state index in [2.05, 4.69) is 11.9 Å². The average molecular weight is 196 g/mol. The molecule has 13 heavy (non-hydrogen) atoms. The van der Waals surface area contributed by atoms with Crippen LogP contribution >= 0.6 is 11.3 Å². The number of hydrogen-bond acceptors (Lipinski definition) is 3. The Morgan fingerprint density at radius 1 is 1.38 bits per heavy atom. The molecule has 0 amide bonds. The maximum atomic E-state index is 5.62. The number of hydrogen-bond donors (Lipinski definition) is 1. The van der Waals surface area contributed by atoms with Crippen molar-refractivity contribution in [3.05, 3.63) is 11.1 Å². The minimum absolute atomic E-state index is 0.716. The normalized spacial score (nSPS) is 29.0. The fourth-order valence-electron chi connectivity index (χ4n) is 2.03. The van der Waals surface area contributed by atoms with Gasteiger partial charge < -0.3 is 5.73 Å². The van der Waals surface area contributed by atoms with Crippen molar-refractivity contribution in [2.75, 3.05) is 5.73 Å². The van der Waals surface area contributed by atoms with E-state index in [1.54, 1.807) is 11.3 Å². The minimum Gasteiger partial charge on any atom is -0.375 e. The highest BCUT2D eigenvalue weighted by Crippen LogP contribution is 2.37. The summed E-state index contributed by atoms with van der Waals surface area (Å²) in [6.07, 6.45) is 7.33. The monoisotopic (exact) mass is 196 g/mol. The van der Waals surface area contributed by atoms with Crippen molar-refractivity contribution >= 4 is 16.5 Å². The quantitative estimate of drug-likeness (QED) is 0.750. The highest BCUT2D eigenvalue weighted by Gasteiger charge is 2.21. The van der Waals surface area contributed by atoms with Gasteiger partial charge in [0.2, 0.25) is 0 Å². The van der Waals surface area contributed by atoms with Gasteiger partial charge in [-0.2, -0.15) is 0 Å². The van der Waals surface area contributed by atoms with E-state index < -0.39 is 0 Å². The van der Waals surface area contributed by atoms with Gasteiger partial charge in [0.1, 0.15) is 0 Å². The van der Waals surface area contributed by atoms with Crippen LogP contribution in [-0.2, 0) is 0 Å². The second-order valence-electron chi connectivity index (χ2n) is 4.06. The lowest BCUT2D eigenvalue weighted by Crippen LogP contribution is -2.09. The molecule has 2 rings (SSSR count). The smallest absolute Gasteiger partial charge is 0.180 e. The molecule has 0 bridgehead atoms. The van der Waals surface area contributed by atoms with Crippen molar-refractivity contribution in [2.24, 2.45) is 5.92 Å². The van der Waals surface area contributed by atoms with Gasteiger partial charge in [0.25, 0.3) is 0 Å². The molecule has 0 spiro atoms. The molecule has 0 atom stereocenters. The number of rotatable bonds is 1. The van der Waals surface area contributed by atoms with E-state index in [0.717, 1.165) is 11.8 Å². The maximum Gasteiger partial charge on any atom is 0.180 e. The van der Waals surface area contributed by atoms with E-state index in [-0.39, 0.29) is 0 Å². The first-order chi connectivity index (χ1) is 6.25. The third-order valence-corrected chi connectivity index (χ3v) is 3.95. The number of nitrogens with two attached hydrogens (primary N) is 1. The fraction of sp³-hybridized carbons (Fsp3) is 0.700. The first kappa shape index (κ1) is 9.00. The molecular formula is C10H16N2S. The zero-order chi connectivity index (χ0) is 9.26. The number of anilines is 1. The molecule has 0 radical (unpaired) electrons. The van der Waals surface area contributed by atoms with Crippen LogP contribution < -0.4 is 5.73 Å². The summed E-state index contributed by atoms with van der Waals surface area (Å²) in [7, 11) is 0. The van der Waals surface area contributed by atoms with Gasteiger partial charge in [0.05, 0.1) is 0 Å². The number of nitrogen functional groups attached to an aromatic ring is 1. The predicted octanol–water partition coefficient (Wildman–Crippen LogP) is 3.02. The summed E-state index contributed by atoms with van der Waals surface area (Å²) in [6.45, 7) is 2.34. The van der Waals surface area contributed by atoms with Crippen LogP contribution in [0.25, 0.3) is 0 Å². The molecule has 1 heterocycles. The standard InChI is InChI=1S/C10H16N2S/c1-7-2-4-8(5-3-7)9-6-12-10(11)13-9/h6-8H,2-5H2,1H3,(H2,11,12). The zero-order valence-electron chi connectivity index (χ0n) is 7.99. The van der Waals surface area contributed by atoms with E-state index in [0.29, 0.717) is 5.13 Å². The molecule has 2 N–H and O–H groups in total. The van der Waals surface area contributed by atoms with Crippen molar-refractivity contribution in [1.82, 2.24) is 4.98 Å². The Labute approximate surface area is 83.2 Å². The summed E-state index contributed by atoms with van der Waals surface area (Å²) in [5.41, 5.74) is 5.62. The lowest BCUT2D eigenvalue weighted by molar-refractivity contribution is 0.350. The molecule has 3 heteroatoms. The van der Waals surface area contributed by atoms with Gasteiger partial charge in [0, 0.05) is 11.1 Å². The van der Waals surface area contributed by atoms with E-state index in [1.165, 1.54) is 30.6 Å². The Morgan fingerprint density at radius 3 is 2.62 bits per heavy atom. The topological polar surface area (TPSA) is 38.9 Å². The molecule has 1 aliphatic rings. The minimum atomic E-state index is 0.716. The predicted molar refractivity (Wildman–Crippen MR) is 56.9 cm³/mol. The van der Waals surface area contributed by atoms with Crippen LogP contribution in [-0.4, -0.2) is 4.98 Å². The van der Waals surface area contributed by atoms with Crippen LogP contribution in [0.4, 0.5) is 5.13 Å². The van der Waals surface area contributed by atoms with Gasteiger partial charge in [-0.15, -0.1) is 11.3 Å². The lowest BCUT2D eigenvalue weighted by Gasteiger charge is -2.24. The Bertz CT molecular complexity index is 274. The van der Waals surface area contributed by atoms with Crippen molar-refractivity contribution in [3.8, 4) is 0 Å². The maximum absolute atomic E-state index is 5.62. The highest BCUT2D eigenvalue weighted by molar-refractivity contribution is 7.15. The Kier molecular flexibility index (Phi) is 2.54. The first-order valence-corrected chi connectivity index (χ1v) is 5.78. The van der Waals surface area contributed by atoms with Gasteiger partial charge in [-0.1, -0.05) is 19.8 Å². The summed E-state index contributed by atoms with van der Waals surface area (Å²) >= 11 is 1.66. The molecule has 0 saturated heterocycles. The molecule has 0 aromatic carbocycles. The van der Waals surface area contributed by atoms with Crippen molar-refractivity contribution in [1.29, 1.82) is 0 Å². The third kappa shape index (κ3) is 2.02. The molecule has 1 aromatic heterocycles. The summed E-state index contributed by atoms with van der Waals surface area (Å²) in [5, 5.41) is 0.716. The third-order valence-electron chi connectivity index (χ3n) is 2.96. The van der Waals surface area contributed by atoms with E-state index >= 15 is 0 Å². The Balaban J connectivity index is 2.02. The summed E-state index contributed by atoms with van der Waals surface area (Å²) in [6, 6.07) is 0. The van der Waals surface area contributed by atoms with E-state index in [1.807, 2.05) is 6.20 Å². The van der Waals surface area contributed by atoms with Crippen molar-refractivity contribution in [3.63, 3.8) is 0 Å². The van der Waals surface area contributed by atoms with Crippen LogP contribution in [0.1, 0.15) is 43.4 Å². The van der Waals surface area contributed by atoms with Crippen LogP contribution in [0, 0.1) is 5.92 Å². The van der Waals surface area contributed by atoms with Crippen LogP contribution in [0.5, 0.6) is 0 Å². The first-order valence-electron chi connectivity index (χ1n) is 4.97. The fourth-order valence-corrected chi connectivity index (χ4v) is 2.89. The SMILES string of the molecule is CC1CCC(c2cnc(N)s2)CC1. The van der Waals surface area contributed by atoms with E-state index in [9.17, 15) is 0 Å². The van der Waals surface area contributed by atoms with Crippen LogP contribution in [0.15, 0.2) is 6.20 Å². The zero-order valence-corrected chi connectivity index (χ0v) is 8.81. The Morgan fingerprint density at radius 2 is 2.08 bits per heavy atom. The molecule has 72 valence electrons. The molecular weight excluding hydrogens is 180 g/mol. The second kappa shape index (κ2) is 3.66. The molecule has 1 fully saturated rings. The van der Waals surface area contributed by atoms with Gasteiger partial charge in [-0.3, -0.25) is 0 Å². The Hall–Kier alpha value is -0.570. The van der Waals surface area contributed by atoms with Crippen molar-refractivity contribution in [2.45, 2.75) is 38.5 Å². The van der Waals surface area contributed by atoms with Crippen molar-refractivity contribution < 1.29 is 0 Å². The molecule has 0 unspecified atom stereocenters. The van der Waals surface area contributed by atoms with Gasteiger partial charge in [-0.25, -0.2) is 4.98 Å². The number of nitrogens with zero attached hydrogens (tertiary/aromatic N) is 1. The molecule has 2 nitrogen and oxygen atoms in total. The van der Waals surface area contributed by atoms with Crippen LogP contribution in [0.2, 0.25) is 0 Å². The second-order valence-corrected chi connectivity index (χ2v) is 5.15.